The van der Waals surface area contributed by atoms with Crippen LogP contribution in [-0.4, -0.2) is 9.76 Å². The van der Waals surface area contributed by atoms with Crippen molar-refractivity contribution in [3.63, 3.8) is 0 Å². The summed E-state index contributed by atoms with van der Waals surface area (Å²) in [4.78, 5) is 4.28. The van der Waals surface area contributed by atoms with Crippen LogP contribution in [0.3, 0.4) is 0 Å². The van der Waals surface area contributed by atoms with Gasteiger partial charge in [-0.2, -0.15) is 0 Å². The van der Waals surface area contributed by atoms with E-state index < -0.39 is 0 Å². The molecule has 1 aliphatic heterocycles. The Hall–Kier alpha value is -0.283. The lowest BCUT2D eigenvalue weighted by Gasteiger charge is -1.80. The number of hydrogen-bond acceptors (Lipinski definition) is 2. The molecule has 5 heavy (non-hydrogen) atoms. The molecule has 0 unspecified atom stereocenters. The van der Waals surface area contributed by atoms with Gasteiger partial charge in [-0.25, -0.2) is 4.58 Å². The monoisotopic (exact) mass is 86.0 g/mol. The SMILES string of the molecule is C1=C[Si]OO1. The van der Waals surface area contributed by atoms with E-state index in [1.807, 2.05) is 5.70 Å². The molecule has 0 aliphatic carbocycles. The summed E-state index contributed by atoms with van der Waals surface area (Å²) in [5.41, 5.74) is 1.82. The zero-order chi connectivity index (χ0) is 3.54. The molecule has 2 radical (unpaired) electrons. The van der Waals surface area contributed by atoms with Crippen molar-refractivity contribution in [2.24, 2.45) is 0 Å². The highest BCUT2D eigenvalue weighted by Crippen LogP contribution is 1.85. The molecule has 1 heterocycles. The third kappa shape index (κ3) is 0.492. The molecule has 0 spiro atoms. The maximum atomic E-state index is 4.36. The first kappa shape index (κ1) is 2.93. The van der Waals surface area contributed by atoms with Gasteiger partial charge in [0.05, 0.1) is 0 Å². The highest BCUT2D eigenvalue weighted by molar-refractivity contribution is 6.34. The Morgan fingerprint density at radius 1 is 1.60 bits per heavy atom. The first-order chi connectivity index (χ1) is 2.50. The summed E-state index contributed by atoms with van der Waals surface area (Å²) in [6.45, 7) is 0. The van der Waals surface area contributed by atoms with Crippen molar-refractivity contribution in [1.82, 2.24) is 0 Å². The molecule has 2 nitrogen and oxygen atoms in total. The van der Waals surface area contributed by atoms with Gasteiger partial charge in [0.15, 0.2) is 0 Å². The topological polar surface area (TPSA) is 18.5 Å². The van der Waals surface area contributed by atoms with Crippen molar-refractivity contribution in [1.29, 1.82) is 0 Å². The Bertz CT molecular complexity index is 45.6. The van der Waals surface area contributed by atoms with Gasteiger partial charge in [0.1, 0.15) is 6.26 Å². The second-order valence-electron chi connectivity index (χ2n) is 0.600. The fourth-order valence-corrected chi connectivity index (χ4v) is 0.417. The van der Waals surface area contributed by atoms with Crippen LogP contribution in [0.15, 0.2) is 12.0 Å². The summed E-state index contributed by atoms with van der Waals surface area (Å²) in [5.74, 6) is 0. The molecule has 1 aliphatic rings. The summed E-state index contributed by atoms with van der Waals surface area (Å²) in [5, 5.41) is 0. The minimum absolute atomic E-state index is 0.406. The lowest BCUT2D eigenvalue weighted by Crippen LogP contribution is -1.79. The van der Waals surface area contributed by atoms with Crippen LogP contribution in [0.4, 0.5) is 0 Å². The average molecular weight is 86.1 g/mol. The molecular formula is C2H2O2Si. The molecule has 26 valence electrons. The van der Waals surface area contributed by atoms with E-state index in [1.165, 1.54) is 6.26 Å². The van der Waals surface area contributed by atoms with Gasteiger partial charge in [-0.3, -0.25) is 0 Å². The van der Waals surface area contributed by atoms with Crippen molar-refractivity contribution >= 4 is 9.76 Å². The second-order valence-corrected chi connectivity index (χ2v) is 1.34. The smallest absolute Gasteiger partial charge is 0.334 e. The molecular weight excluding hydrogens is 84.1 g/mol. The van der Waals surface area contributed by atoms with Gasteiger partial charge < -0.3 is 4.89 Å². The van der Waals surface area contributed by atoms with Crippen LogP contribution in [0.2, 0.25) is 0 Å². The van der Waals surface area contributed by atoms with E-state index in [0.717, 1.165) is 0 Å². The quantitative estimate of drug-likeness (QED) is 0.306. The Labute approximate surface area is 32.3 Å². The van der Waals surface area contributed by atoms with Crippen LogP contribution in [0.1, 0.15) is 0 Å². The van der Waals surface area contributed by atoms with Gasteiger partial charge in [-0.15, -0.1) is 0 Å². The molecule has 0 bridgehead atoms. The molecule has 0 atom stereocenters. The zero-order valence-electron chi connectivity index (χ0n) is 2.47. The molecule has 0 aromatic rings. The van der Waals surface area contributed by atoms with E-state index in [1.54, 1.807) is 0 Å². The summed E-state index contributed by atoms with van der Waals surface area (Å²) in [6.07, 6.45) is 1.53. The van der Waals surface area contributed by atoms with E-state index in [9.17, 15) is 0 Å². The molecule has 3 heteroatoms. The average Bonchev–Trinajstić information content (AvgIpc) is 1.76. The summed E-state index contributed by atoms with van der Waals surface area (Å²) >= 11 is 0. The Kier molecular flexibility index (Phi) is 0.722. The van der Waals surface area contributed by atoms with Gasteiger partial charge >= 0.3 is 9.76 Å². The van der Waals surface area contributed by atoms with Gasteiger partial charge in [0, 0.05) is 0 Å². The number of hydrogen-bond donors (Lipinski definition) is 0. The van der Waals surface area contributed by atoms with Crippen LogP contribution in [0, 0.1) is 0 Å². The summed E-state index contributed by atoms with van der Waals surface area (Å²) in [6, 6.07) is 0. The van der Waals surface area contributed by atoms with Crippen LogP contribution in [0.25, 0.3) is 0 Å². The fraction of sp³-hybridized carbons (Fsp3) is 0. The molecule has 0 saturated carbocycles. The second kappa shape index (κ2) is 1.23. The van der Waals surface area contributed by atoms with Crippen LogP contribution >= 0.6 is 0 Å². The lowest BCUT2D eigenvalue weighted by atomic mass is 11.2. The van der Waals surface area contributed by atoms with Crippen LogP contribution < -0.4 is 0 Å². The lowest BCUT2D eigenvalue weighted by molar-refractivity contribution is -0.138. The first-order valence-corrected chi connectivity index (χ1v) is 2.21. The van der Waals surface area contributed by atoms with Crippen LogP contribution in [-0.2, 0) is 9.46 Å². The van der Waals surface area contributed by atoms with E-state index in [0.29, 0.717) is 9.76 Å². The van der Waals surface area contributed by atoms with E-state index in [2.05, 4.69) is 9.46 Å². The minimum Gasteiger partial charge on any atom is -0.358 e. The predicted molar refractivity (Wildman–Crippen MR) is 17.1 cm³/mol. The molecule has 0 amide bonds. The van der Waals surface area contributed by atoms with Crippen molar-refractivity contribution < 1.29 is 9.46 Å². The normalized spacial score (nSPS) is 19.2. The highest BCUT2D eigenvalue weighted by atomic mass is 28.2. The third-order valence-corrected chi connectivity index (χ3v) is 0.752. The Balaban J connectivity index is 2.32. The van der Waals surface area contributed by atoms with Gasteiger partial charge in [-0.1, -0.05) is 0 Å². The van der Waals surface area contributed by atoms with E-state index >= 15 is 0 Å². The molecule has 0 aromatic heterocycles. The van der Waals surface area contributed by atoms with Gasteiger partial charge in [-0.05, 0) is 5.70 Å². The first-order valence-electron chi connectivity index (χ1n) is 1.23. The largest absolute Gasteiger partial charge is 0.358 e. The third-order valence-electron chi connectivity index (χ3n) is 0.288. The van der Waals surface area contributed by atoms with Crippen molar-refractivity contribution in [2.75, 3.05) is 0 Å². The van der Waals surface area contributed by atoms with E-state index in [-0.39, 0.29) is 0 Å². The zero-order valence-corrected chi connectivity index (χ0v) is 3.47. The van der Waals surface area contributed by atoms with E-state index in [4.69, 9.17) is 0 Å². The van der Waals surface area contributed by atoms with Gasteiger partial charge in [0.25, 0.3) is 0 Å². The van der Waals surface area contributed by atoms with Crippen LogP contribution in [0.5, 0.6) is 0 Å². The fourth-order valence-electron chi connectivity index (χ4n) is 0.139. The van der Waals surface area contributed by atoms with Crippen molar-refractivity contribution in [2.45, 2.75) is 0 Å². The molecule has 0 aromatic carbocycles. The molecule has 1 rings (SSSR count). The molecule has 0 fully saturated rings. The van der Waals surface area contributed by atoms with Crippen molar-refractivity contribution in [3.8, 4) is 0 Å². The number of rotatable bonds is 0. The maximum absolute atomic E-state index is 4.36. The highest BCUT2D eigenvalue weighted by Gasteiger charge is 1.89. The Morgan fingerprint density at radius 3 is 2.80 bits per heavy atom. The molecule has 0 saturated heterocycles. The standard InChI is InChI=1S/C2H2O2Si/c1-2-5-4-3-1/h1-2H. The predicted octanol–water partition coefficient (Wildman–Crippen LogP) is 0.0386. The molecule has 0 N–H and O–H groups in total. The summed E-state index contributed by atoms with van der Waals surface area (Å²) < 4.78 is 4.36. The maximum Gasteiger partial charge on any atom is 0.334 e. The summed E-state index contributed by atoms with van der Waals surface area (Å²) in [7, 11) is 0.406. The minimum atomic E-state index is 0.406. The van der Waals surface area contributed by atoms with Crippen molar-refractivity contribution in [3.05, 3.63) is 12.0 Å². The van der Waals surface area contributed by atoms with Gasteiger partial charge in [0.2, 0.25) is 0 Å². The Morgan fingerprint density at radius 2 is 2.60 bits per heavy atom.